The van der Waals surface area contributed by atoms with E-state index in [2.05, 4.69) is 5.32 Å². The monoisotopic (exact) mass is 357 g/mol. The molecule has 0 bridgehead atoms. The maximum Gasteiger partial charge on any atom is 0.339 e. The zero-order valence-corrected chi connectivity index (χ0v) is 15.8. The summed E-state index contributed by atoms with van der Waals surface area (Å²) in [5, 5.41) is 2.83. The number of ether oxygens (including phenoxy) is 1. The van der Waals surface area contributed by atoms with Gasteiger partial charge in [0.2, 0.25) is 0 Å². The van der Waals surface area contributed by atoms with Gasteiger partial charge in [-0.25, -0.2) is 4.79 Å². The zero-order valence-electron chi connectivity index (χ0n) is 15.0. The number of esters is 1. The number of aryl methyl sites for hydroxylation is 3. The second-order valence-corrected chi connectivity index (χ2v) is 7.13. The van der Waals surface area contributed by atoms with Crippen LogP contribution >= 0.6 is 11.8 Å². The summed E-state index contributed by atoms with van der Waals surface area (Å²) in [7, 11) is 0. The number of hydrogen-bond acceptors (Lipinski definition) is 4. The molecule has 0 aromatic heterocycles. The van der Waals surface area contributed by atoms with Crippen LogP contribution in [-0.4, -0.2) is 24.2 Å². The van der Waals surface area contributed by atoms with E-state index in [0.717, 1.165) is 33.0 Å². The van der Waals surface area contributed by atoms with E-state index in [9.17, 15) is 9.59 Å². The molecular weight excluding hydrogens is 334 g/mol. The third-order valence-electron chi connectivity index (χ3n) is 3.68. The van der Waals surface area contributed by atoms with Crippen LogP contribution in [0.3, 0.4) is 0 Å². The lowest BCUT2D eigenvalue weighted by molar-refractivity contribution is -0.119. The molecule has 0 aliphatic carbocycles. The first-order valence-corrected chi connectivity index (χ1v) is 9.17. The van der Waals surface area contributed by atoms with Crippen LogP contribution in [0.25, 0.3) is 0 Å². The molecule has 2 aromatic rings. The summed E-state index contributed by atoms with van der Waals surface area (Å²) in [6, 6.07) is 11.3. The number of carbonyl (C=O) groups excluding carboxylic acids is 2. The van der Waals surface area contributed by atoms with Crippen molar-refractivity contribution >= 4 is 29.3 Å². The van der Waals surface area contributed by atoms with Gasteiger partial charge in [-0.2, -0.15) is 0 Å². The van der Waals surface area contributed by atoms with E-state index in [1.807, 2.05) is 52.0 Å². The molecule has 0 aliphatic rings. The molecule has 2 aromatic carbocycles. The van der Waals surface area contributed by atoms with E-state index in [0.29, 0.717) is 5.56 Å². The quantitative estimate of drug-likeness (QED) is 0.610. The van der Waals surface area contributed by atoms with E-state index in [1.165, 1.54) is 0 Å². The highest BCUT2D eigenvalue weighted by Gasteiger charge is 2.15. The van der Waals surface area contributed by atoms with Crippen LogP contribution in [0.5, 0.6) is 0 Å². The van der Waals surface area contributed by atoms with E-state index in [-0.39, 0.29) is 12.5 Å². The van der Waals surface area contributed by atoms with Crippen LogP contribution in [0.1, 0.15) is 34.0 Å². The molecule has 132 valence electrons. The van der Waals surface area contributed by atoms with Gasteiger partial charge in [-0.05, 0) is 49.8 Å². The average molecular weight is 357 g/mol. The summed E-state index contributed by atoms with van der Waals surface area (Å²) < 4.78 is 5.19. The average Bonchev–Trinajstić information content (AvgIpc) is 2.56. The molecule has 5 heteroatoms. The number of nitrogens with one attached hydrogen (secondary N) is 1. The third kappa shape index (κ3) is 5.10. The molecule has 1 N–H and O–H groups in total. The van der Waals surface area contributed by atoms with Gasteiger partial charge in [0.05, 0.1) is 5.56 Å². The van der Waals surface area contributed by atoms with Crippen molar-refractivity contribution in [2.75, 3.05) is 17.7 Å². The predicted molar refractivity (Wildman–Crippen MR) is 102 cm³/mol. The molecule has 25 heavy (non-hydrogen) atoms. The van der Waals surface area contributed by atoms with Crippen molar-refractivity contribution in [1.82, 2.24) is 0 Å². The van der Waals surface area contributed by atoms with E-state index in [4.69, 9.17) is 4.74 Å². The van der Waals surface area contributed by atoms with Crippen molar-refractivity contribution in [3.63, 3.8) is 0 Å². The number of anilines is 1. The standard InChI is InChI=1S/C20H23NO3S/c1-5-25-17-9-7-6-8-16(17)20(23)24-12-18(22)21-19-14(3)10-13(2)11-15(19)4/h6-11H,5,12H2,1-4H3,(H,21,22). The molecule has 0 spiro atoms. The first-order valence-electron chi connectivity index (χ1n) is 8.19. The van der Waals surface area contributed by atoms with Gasteiger partial charge in [-0.3, -0.25) is 4.79 Å². The first-order chi connectivity index (χ1) is 11.9. The van der Waals surface area contributed by atoms with Crippen molar-refractivity contribution in [1.29, 1.82) is 0 Å². The highest BCUT2D eigenvalue weighted by molar-refractivity contribution is 7.99. The smallest absolute Gasteiger partial charge is 0.339 e. The molecule has 0 heterocycles. The highest BCUT2D eigenvalue weighted by Crippen LogP contribution is 2.23. The van der Waals surface area contributed by atoms with Crippen molar-refractivity contribution in [2.24, 2.45) is 0 Å². The lowest BCUT2D eigenvalue weighted by Gasteiger charge is -2.13. The summed E-state index contributed by atoms with van der Waals surface area (Å²) in [5.74, 6) is 0.0320. The molecule has 1 amide bonds. The lowest BCUT2D eigenvalue weighted by atomic mass is 10.1. The molecule has 4 nitrogen and oxygen atoms in total. The fourth-order valence-electron chi connectivity index (χ4n) is 2.68. The number of rotatable bonds is 6. The van der Waals surface area contributed by atoms with Crippen molar-refractivity contribution in [2.45, 2.75) is 32.6 Å². The summed E-state index contributed by atoms with van der Waals surface area (Å²) in [5.41, 5.74) is 4.38. The Morgan fingerprint density at radius 1 is 1.08 bits per heavy atom. The second-order valence-electron chi connectivity index (χ2n) is 5.83. The molecular formula is C20H23NO3S. The van der Waals surface area contributed by atoms with Crippen LogP contribution in [0, 0.1) is 20.8 Å². The number of thioether (sulfide) groups is 1. The van der Waals surface area contributed by atoms with E-state index < -0.39 is 5.97 Å². The third-order valence-corrected chi connectivity index (χ3v) is 4.64. The molecule has 2 rings (SSSR count). The Balaban J connectivity index is 2.00. The van der Waals surface area contributed by atoms with Gasteiger partial charge >= 0.3 is 5.97 Å². The van der Waals surface area contributed by atoms with Crippen molar-refractivity contribution in [3.8, 4) is 0 Å². The molecule has 0 radical (unpaired) electrons. The number of hydrogen-bond donors (Lipinski definition) is 1. The SMILES string of the molecule is CCSc1ccccc1C(=O)OCC(=O)Nc1c(C)cc(C)cc1C. The van der Waals surface area contributed by atoms with Crippen LogP contribution in [0.2, 0.25) is 0 Å². The highest BCUT2D eigenvalue weighted by atomic mass is 32.2. The summed E-state index contributed by atoms with van der Waals surface area (Å²) in [6.45, 7) is 7.61. The normalized spacial score (nSPS) is 10.4. The van der Waals surface area contributed by atoms with Gasteiger partial charge in [0.25, 0.3) is 5.91 Å². The molecule has 0 saturated heterocycles. The minimum atomic E-state index is -0.482. The Labute approximate surface area is 153 Å². The lowest BCUT2D eigenvalue weighted by Crippen LogP contribution is -2.22. The van der Waals surface area contributed by atoms with Crippen LogP contribution < -0.4 is 5.32 Å². The van der Waals surface area contributed by atoms with E-state index >= 15 is 0 Å². The molecule has 0 unspecified atom stereocenters. The molecule has 0 atom stereocenters. The largest absolute Gasteiger partial charge is 0.452 e. The first kappa shape index (κ1) is 19.1. The topological polar surface area (TPSA) is 55.4 Å². The number of benzene rings is 2. The predicted octanol–water partition coefficient (Wildman–Crippen LogP) is 4.52. The van der Waals surface area contributed by atoms with Crippen LogP contribution in [0.4, 0.5) is 5.69 Å². The number of amides is 1. The van der Waals surface area contributed by atoms with Crippen LogP contribution in [0.15, 0.2) is 41.3 Å². The van der Waals surface area contributed by atoms with Gasteiger partial charge in [0, 0.05) is 10.6 Å². The van der Waals surface area contributed by atoms with Gasteiger partial charge in [-0.15, -0.1) is 11.8 Å². The van der Waals surface area contributed by atoms with Crippen molar-refractivity contribution < 1.29 is 14.3 Å². The Hall–Kier alpha value is -2.27. The maximum atomic E-state index is 12.3. The summed E-state index contributed by atoms with van der Waals surface area (Å²) in [4.78, 5) is 25.3. The van der Waals surface area contributed by atoms with Crippen LogP contribution in [-0.2, 0) is 9.53 Å². The van der Waals surface area contributed by atoms with E-state index in [1.54, 1.807) is 23.9 Å². The van der Waals surface area contributed by atoms with Gasteiger partial charge in [-0.1, -0.05) is 36.8 Å². The molecule has 0 fully saturated rings. The fraction of sp³-hybridized carbons (Fsp3) is 0.300. The van der Waals surface area contributed by atoms with Gasteiger partial charge < -0.3 is 10.1 Å². The number of carbonyl (C=O) groups is 2. The Kier molecular flexibility index (Phi) is 6.65. The second kappa shape index (κ2) is 8.72. The summed E-state index contributed by atoms with van der Waals surface area (Å²) in [6.07, 6.45) is 0. The van der Waals surface area contributed by atoms with Crippen molar-refractivity contribution in [3.05, 3.63) is 58.7 Å². The Morgan fingerprint density at radius 2 is 1.72 bits per heavy atom. The Morgan fingerprint density at radius 3 is 2.36 bits per heavy atom. The minimum Gasteiger partial charge on any atom is -0.452 e. The maximum absolute atomic E-state index is 12.3. The zero-order chi connectivity index (χ0) is 18.4. The van der Waals surface area contributed by atoms with Gasteiger partial charge in [0.1, 0.15) is 0 Å². The molecule has 0 saturated carbocycles. The Bertz CT molecular complexity index is 763. The van der Waals surface area contributed by atoms with Gasteiger partial charge in [0.15, 0.2) is 6.61 Å². The fourth-order valence-corrected chi connectivity index (χ4v) is 3.47. The molecule has 0 aliphatic heterocycles. The summed E-state index contributed by atoms with van der Waals surface area (Å²) >= 11 is 1.57. The minimum absolute atomic E-state index is 0.309.